The molecular weight excluding hydrogens is 308 g/mol. The van der Waals surface area contributed by atoms with Crippen LogP contribution in [0.25, 0.3) is 6.08 Å². The second-order valence-electron chi connectivity index (χ2n) is 4.84. The molecule has 0 unspecified atom stereocenters. The summed E-state index contributed by atoms with van der Waals surface area (Å²) in [7, 11) is 3.10. The van der Waals surface area contributed by atoms with E-state index >= 15 is 0 Å². The predicted octanol–water partition coefficient (Wildman–Crippen LogP) is 2.45. The minimum Gasteiger partial charge on any atom is -0.497 e. The first kappa shape index (κ1) is 17.1. The number of primary amides is 1. The molecule has 2 amide bonds. The summed E-state index contributed by atoms with van der Waals surface area (Å²) in [5.74, 6) is 0.244. The molecular formula is C18H18N2O4. The van der Waals surface area contributed by atoms with Gasteiger partial charge < -0.3 is 20.5 Å². The van der Waals surface area contributed by atoms with E-state index in [1.54, 1.807) is 55.7 Å². The van der Waals surface area contributed by atoms with Gasteiger partial charge in [0.05, 0.1) is 25.5 Å². The summed E-state index contributed by atoms with van der Waals surface area (Å²) >= 11 is 0. The van der Waals surface area contributed by atoms with Crippen LogP contribution in [0.15, 0.2) is 48.5 Å². The van der Waals surface area contributed by atoms with Crippen LogP contribution >= 0.6 is 0 Å². The zero-order valence-electron chi connectivity index (χ0n) is 13.4. The number of nitrogens with two attached hydrogens (primary N) is 1. The van der Waals surface area contributed by atoms with E-state index in [0.717, 1.165) is 5.56 Å². The molecule has 0 fully saturated rings. The molecule has 0 aliphatic heterocycles. The Kier molecular flexibility index (Phi) is 5.57. The topological polar surface area (TPSA) is 90.6 Å². The summed E-state index contributed by atoms with van der Waals surface area (Å²) in [5.41, 5.74) is 6.62. The molecule has 24 heavy (non-hydrogen) atoms. The Hall–Kier alpha value is -3.28. The second-order valence-corrected chi connectivity index (χ2v) is 4.84. The summed E-state index contributed by atoms with van der Waals surface area (Å²) in [6.45, 7) is 0. The number of rotatable bonds is 6. The normalized spacial score (nSPS) is 10.4. The highest BCUT2D eigenvalue weighted by Crippen LogP contribution is 2.25. The minimum atomic E-state index is -0.605. The van der Waals surface area contributed by atoms with Crippen molar-refractivity contribution >= 4 is 23.6 Å². The van der Waals surface area contributed by atoms with Crippen molar-refractivity contribution in [3.05, 3.63) is 59.7 Å². The van der Waals surface area contributed by atoms with Crippen LogP contribution in [0.4, 0.5) is 5.69 Å². The largest absolute Gasteiger partial charge is 0.497 e. The maximum Gasteiger partial charge on any atom is 0.250 e. The fraction of sp³-hybridized carbons (Fsp3) is 0.111. The second kappa shape index (κ2) is 7.82. The lowest BCUT2D eigenvalue weighted by Crippen LogP contribution is -2.16. The van der Waals surface area contributed by atoms with E-state index in [1.807, 2.05) is 0 Å². The van der Waals surface area contributed by atoms with Crippen molar-refractivity contribution in [3.63, 3.8) is 0 Å². The van der Waals surface area contributed by atoms with Gasteiger partial charge in [0.15, 0.2) is 0 Å². The molecule has 0 saturated carbocycles. The molecule has 0 bridgehead atoms. The van der Waals surface area contributed by atoms with Gasteiger partial charge in [0.1, 0.15) is 11.5 Å². The number of benzene rings is 2. The first-order chi connectivity index (χ1) is 11.5. The maximum atomic E-state index is 12.1. The highest BCUT2D eigenvalue weighted by molar-refractivity contribution is 6.07. The summed E-state index contributed by atoms with van der Waals surface area (Å²) in [4.78, 5) is 23.4. The zero-order valence-corrected chi connectivity index (χ0v) is 13.4. The standard InChI is InChI=1S/C18H18N2O4/c1-23-13-9-7-12(16(11-13)24-2)8-10-17(21)20-15-6-4-3-5-14(15)18(19)22/h3-11H,1-2H3,(H2,19,22)(H,20,21). The number of carbonyl (C=O) groups is 2. The van der Waals surface area contributed by atoms with Crippen LogP contribution in [0.3, 0.4) is 0 Å². The van der Waals surface area contributed by atoms with E-state index < -0.39 is 5.91 Å². The van der Waals surface area contributed by atoms with Crippen LogP contribution in [-0.2, 0) is 4.79 Å². The number of amides is 2. The zero-order chi connectivity index (χ0) is 17.5. The Morgan fingerprint density at radius 3 is 2.50 bits per heavy atom. The van der Waals surface area contributed by atoms with Crippen LogP contribution in [0, 0.1) is 0 Å². The predicted molar refractivity (Wildman–Crippen MR) is 92.2 cm³/mol. The molecule has 2 rings (SSSR count). The first-order valence-electron chi connectivity index (χ1n) is 7.15. The van der Waals surface area contributed by atoms with E-state index in [0.29, 0.717) is 17.2 Å². The molecule has 0 heterocycles. The van der Waals surface area contributed by atoms with Crippen molar-refractivity contribution in [1.29, 1.82) is 0 Å². The summed E-state index contributed by atoms with van der Waals surface area (Å²) in [5, 5.41) is 2.63. The number of methoxy groups -OCH3 is 2. The molecule has 0 saturated heterocycles. The molecule has 124 valence electrons. The number of anilines is 1. The fourth-order valence-electron chi connectivity index (χ4n) is 2.10. The number of hydrogen-bond acceptors (Lipinski definition) is 4. The number of hydrogen-bond donors (Lipinski definition) is 2. The lowest BCUT2D eigenvalue weighted by Gasteiger charge is -2.08. The van der Waals surface area contributed by atoms with Crippen LogP contribution < -0.4 is 20.5 Å². The van der Waals surface area contributed by atoms with Gasteiger partial charge in [-0.15, -0.1) is 0 Å². The molecule has 0 aliphatic rings. The van der Waals surface area contributed by atoms with E-state index in [4.69, 9.17) is 15.2 Å². The van der Waals surface area contributed by atoms with Crippen molar-refractivity contribution in [2.75, 3.05) is 19.5 Å². The third-order valence-corrected chi connectivity index (χ3v) is 3.31. The Bertz CT molecular complexity index is 784. The Balaban J connectivity index is 2.16. The maximum absolute atomic E-state index is 12.1. The van der Waals surface area contributed by atoms with Crippen molar-refractivity contribution in [1.82, 2.24) is 0 Å². The molecule has 0 aromatic heterocycles. The van der Waals surface area contributed by atoms with Gasteiger partial charge in [-0.25, -0.2) is 0 Å². The molecule has 3 N–H and O–H groups in total. The highest BCUT2D eigenvalue weighted by Gasteiger charge is 2.09. The number of carbonyl (C=O) groups excluding carboxylic acids is 2. The quantitative estimate of drug-likeness (QED) is 0.798. The summed E-state index contributed by atoms with van der Waals surface area (Å²) < 4.78 is 10.4. The molecule has 2 aromatic carbocycles. The summed E-state index contributed by atoms with van der Waals surface area (Å²) in [6.07, 6.45) is 2.96. The van der Waals surface area contributed by atoms with Gasteiger partial charge in [0.2, 0.25) is 5.91 Å². The first-order valence-corrected chi connectivity index (χ1v) is 7.15. The lowest BCUT2D eigenvalue weighted by atomic mass is 10.1. The average Bonchev–Trinajstić information content (AvgIpc) is 2.60. The Morgan fingerprint density at radius 2 is 1.83 bits per heavy atom. The molecule has 0 aliphatic carbocycles. The van der Waals surface area contributed by atoms with Gasteiger partial charge in [0.25, 0.3) is 5.91 Å². The van der Waals surface area contributed by atoms with Crippen LogP contribution in [-0.4, -0.2) is 26.0 Å². The van der Waals surface area contributed by atoms with Crippen LogP contribution in [0.5, 0.6) is 11.5 Å². The average molecular weight is 326 g/mol. The van der Waals surface area contributed by atoms with Gasteiger partial charge in [-0.1, -0.05) is 12.1 Å². The third-order valence-electron chi connectivity index (χ3n) is 3.31. The van der Waals surface area contributed by atoms with E-state index in [9.17, 15) is 9.59 Å². The number of nitrogens with one attached hydrogen (secondary N) is 1. The Morgan fingerprint density at radius 1 is 1.08 bits per heavy atom. The SMILES string of the molecule is COc1ccc(C=CC(=O)Nc2ccccc2C(N)=O)c(OC)c1. The lowest BCUT2D eigenvalue weighted by molar-refractivity contribution is -0.111. The smallest absolute Gasteiger partial charge is 0.250 e. The third kappa shape index (κ3) is 4.13. The van der Waals surface area contributed by atoms with E-state index in [-0.39, 0.29) is 11.5 Å². The van der Waals surface area contributed by atoms with Gasteiger partial charge in [-0.2, -0.15) is 0 Å². The van der Waals surface area contributed by atoms with Crippen molar-refractivity contribution in [3.8, 4) is 11.5 Å². The van der Waals surface area contributed by atoms with Gasteiger partial charge in [0, 0.05) is 17.7 Å². The van der Waals surface area contributed by atoms with Gasteiger partial charge in [-0.3, -0.25) is 9.59 Å². The fourth-order valence-corrected chi connectivity index (χ4v) is 2.10. The molecule has 6 nitrogen and oxygen atoms in total. The van der Waals surface area contributed by atoms with Crippen LogP contribution in [0.1, 0.15) is 15.9 Å². The van der Waals surface area contributed by atoms with Gasteiger partial charge in [-0.05, 0) is 30.3 Å². The van der Waals surface area contributed by atoms with E-state index in [2.05, 4.69) is 5.32 Å². The van der Waals surface area contributed by atoms with Gasteiger partial charge >= 0.3 is 0 Å². The Labute approximate surface area is 139 Å². The molecule has 6 heteroatoms. The molecule has 0 atom stereocenters. The van der Waals surface area contributed by atoms with E-state index in [1.165, 1.54) is 13.2 Å². The monoisotopic (exact) mass is 326 g/mol. The minimum absolute atomic E-state index is 0.251. The van der Waals surface area contributed by atoms with Crippen molar-refractivity contribution < 1.29 is 19.1 Å². The molecule has 0 spiro atoms. The van der Waals surface area contributed by atoms with Crippen molar-refractivity contribution in [2.24, 2.45) is 5.73 Å². The van der Waals surface area contributed by atoms with Crippen molar-refractivity contribution in [2.45, 2.75) is 0 Å². The molecule has 0 radical (unpaired) electrons. The van der Waals surface area contributed by atoms with Crippen LogP contribution in [0.2, 0.25) is 0 Å². The number of ether oxygens (including phenoxy) is 2. The number of para-hydroxylation sites is 1. The molecule has 2 aromatic rings. The summed E-state index contributed by atoms with van der Waals surface area (Å²) in [6, 6.07) is 11.8. The highest BCUT2D eigenvalue weighted by atomic mass is 16.5.